The van der Waals surface area contributed by atoms with Crippen LogP contribution in [0.1, 0.15) is 24.6 Å². The molecule has 1 aliphatic heterocycles. The first kappa shape index (κ1) is 12.1. The van der Waals surface area contributed by atoms with Gasteiger partial charge in [0, 0.05) is 24.7 Å². The molecule has 2 N–H and O–H groups in total. The number of hydrogen-bond donors (Lipinski definition) is 1. The number of rotatable bonds is 2. The van der Waals surface area contributed by atoms with Crippen molar-refractivity contribution in [1.82, 2.24) is 10.1 Å². The maximum atomic E-state index is 13.1. The molecule has 0 unspecified atom stereocenters. The third kappa shape index (κ3) is 2.44. The maximum absolute atomic E-state index is 13.1. The zero-order chi connectivity index (χ0) is 13.2. The lowest BCUT2D eigenvalue weighted by Gasteiger charge is -2.18. The molecule has 0 bridgehead atoms. The van der Waals surface area contributed by atoms with Gasteiger partial charge in [-0.15, -0.1) is 0 Å². The second-order valence-corrected chi connectivity index (χ2v) is 4.58. The fourth-order valence-electron chi connectivity index (χ4n) is 2.15. The van der Waals surface area contributed by atoms with E-state index >= 15 is 0 Å². The van der Waals surface area contributed by atoms with Crippen molar-refractivity contribution in [2.24, 2.45) is 0 Å². The van der Waals surface area contributed by atoms with Gasteiger partial charge in [0.2, 0.25) is 0 Å². The Kier molecular flexibility index (Phi) is 3.16. The van der Waals surface area contributed by atoms with Crippen molar-refractivity contribution in [3.63, 3.8) is 0 Å². The van der Waals surface area contributed by atoms with Gasteiger partial charge < -0.3 is 15.0 Å². The van der Waals surface area contributed by atoms with E-state index in [4.69, 9.17) is 15.0 Å². The molecule has 1 fully saturated rings. The van der Waals surface area contributed by atoms with Crippen molar-refractivity contribution in [2.45, 2.75) is 18.8 Å². The van der Waals surface area contributed by atoms with Crippen molar-refractivity contribution in [1.29, 1.82) is 0 Å². The zero-order valence-corrected chi connectivity index (χ0v) is 10.3. The summed E-state index contributed by atoms with van der Waals surface area (Å²) in [6, 6.07) is 4.37. The smallest absolute Gasteiger partial charge is 0.258 e. The Bertz CT molecular complexity index is 579. The first-order valence-corrected chi connectivity index (χ1v) is 6.21. The number of ether oxygens (including phenoxy) is 1. The Morgan fingerprint density at radius 1 is 1.26 bits per heavy atom. The van der Waals surface area contributed by atoms with E-state index in [1.807, 2.05) is 0 Å². The van der Waals surface area contributed by atoms with Crippen LogP contribution in [0.3, 0.4) is 0 Å². The second-order valence-electron chi connectivity index (χ2n) is 4.58. The van der Waals surface area contributed by atoms with Crippen molar-refractivity contribution < 1.29 is 13.7 Å². The van der Waals surface area contributed by atoms with E-state index in [2.05, 4.69) is 10.1 Å². The van der Waals surface area contributed by atoms with Gasteiger partial charge in [0.25, 0.3) is 5.89 Å². The molecule has 0 atom stereocenters. The Morgan fingerprint density at radius 3 is 2.79 bits per heavy atom. The highest BCUT2D eigenvalue weighted by Gasteiger charge is 2.21. The molecule has 0 amide bonds. The van der Waals surface area contributed by atoms with Crippen LogP contribution in [-0.4, -0.2) is 23.4 Å². The van der Waals surface area contributed by atoms with Gasteiger partial charge in [-0.3, -0.25) is 0 Å². The summed E-state index contributed by atoms with van der Waals surface area (Å²) in [5.74, 6) is 0.867. The number of aromatic nitrogens is 2. The number of hydrogen-bond acceptors (Lipinski definition) is 5. The monoisotopic (exact) mass is 263 g/mol. The Labute approximate surface area is 109 Å². The van der Waals surface area contributed by atoms with E-state index in [0.29, 0.717) is 17.3 Å². The topological polar surface area (TPSA) is 74.2 Å². The quantitative estimate of drug-likeness (QED) is 0.842. The van der Waals surface area contributed by atoms with Gasteiger partial charge in [0.05, 0.1) is 5.69 Å². The van der Waals surface area contributed by atoms with E-state index in [1.54, 1.807) is 6.07 Å². The molecule has 1 saturated heterocycles. The number of nitrogens with zero attached hydrogens (tertiary/aromatic N) is 2. The minimum absolute atomic E-state index is 0.0725. The molecule has 2 heterocycles. The van der Waals surface area contributed by atoms with Crippen LogP contribution in [0.15, 0.2) is 22.7 Å². The van der Waals surface area contributed by atoms with Crippen LogP contribution in [0, 0.1) is 5.82 Å². The largest absolute Gasteiger partial charge is 0.396 e. The molecular weight excluding hydrogens is 249 g/mol. The van der Waals surface area contributed by atoms with Crippen LogP contribution in [0.5, 0.6) is 0 Å². The molecule has 1 aromatic carbocycles. The summed E-state index contributed by atoms with van der Waals surface area (Å²) in [5, 5.41) is 3.99. The fourth-order valence-corrected chi connectivity index (χ4v) is 2.15. The standard InChI is InChI=1S/C13H14FN3O2/c14-10-2-1-9(7-11(10)15)13-16-12(17-19-13)8-3-5-18-6-4-8/h1-2,7-8H,3-6,15H2. The molecule has 0 radical (unpaired) electrons. The molecule has 100 valence electrons. The third-order valence-corrected chi connectivity index (χ3v) is 3.27. The number of halogens is 1. The molecule has 1 aliphatic rings. The SMILES string of the molecule is Nc1cc(-c2nc(C3CCOCC3)no2)ccc1F. The molecule has 3 rings (SSSR count). The van der Waals surface area contributed by atoms with E-state index in [0.717, 1.165) is 26.1 Å². The molecule has 1 aromatic heterocycles. The lowest BCUT2D eigenvalue weighted by Crippen LogP contribution is -2.15. The molecule has 0 saturated carbocycles. The summed E-state index contributed by atoms with van der Waals surface area (Å²) in [5.41, 5.74) is 6.23. The van der Waals surface area contributed by atoms with Gasteiger partial charge >= 0.3 is 0 Å². The highest BCUT2D eigenvalue weighted by molar-refractivity contribution is 5.60. The van der Waals surface area contributed by atoms with Gasteiger partial charge in [-0.2, -0.15) is 4.98 Å². The van der Waals surface area contributed by atoms with Gasteiger partial charge in [0.1, 0.15) is 5.82 Å². The average molecular weight is 263 g/mol. The van der Waals surface area contributed by atoms with Crippen molar-refractivity contribution >= 4 is 5.69 Å². The van der Waals surface area contributed by atoms with Crippen LogP contribution in [0.2, 0.25) is 0 Å². The van der Waals surface area contributed by atoms with E-state index < -0.39 is 5.82 Å². The molecule has 6 heteroatoms. The molecular formula is C13H14FN3O2. The minimum atomic E-state index is -0.451. The van der Waals surface area contributed by atoms with Gasteiger partial charge in [0.15, 0.2) is 5.82 Å². The summed E-state index contributed by atoms with van der Waals surface area (Å²) in [6.45, 7) is 1.44. The fraction of sp³-hybridized carbons (Fsp3) is 0.385. The molecule has 0 spiro atoms. The summed E-state index contributed by atoms with van der Waals surface area (Å²) in [7, 11) is 0. The highest BCUT2D eigenvalue weighted by Crippen LogP contribution is 2.27. The van der Waals surface area contributed by atoms with Crippen LogP contribution < -0.4 is 5.73 Å². The summed E-state index contributed by atoms with van der Waals surface area (Å²) < 4.78 is 23.6. The highest BCUT2D eigenvalue weighted by atomic mass is 19.1. The van der Waals surface area contributed by atoms with E-state index in [1.165, 1.54) is 12.1 Å². The van der Waals surface area contributed by atoms with Crippen molar-refractivity contribution in [3.8, 4) is 11.5 Å². The summed E-state index contributed by atoms with van der Waals surface area (Å²) in [4.78, 5) is 4.36. The normalized spacial score (nSPS) is 16.7. The Morgan fingerprint density at radius 2 is 2.05 bits per heavy atom. The van der Waals surface area contributed by atoms with Crippen LogP contribution in [-0.2, 0) is 4.74 Å². The van der Waals surface area contributed by atoms with Gasteiger partial charge in [-0.25, -0.2) is 4.39 Å². The lowest BCUT2D eigenvalue weighted by atomic mass is 10.00. The molecule has 5 nitrogen and oxygen atoms in total. The number of anilines is 1. The third-order valence-electron chi connectivity index (χ3n) is 3.27. The summed E-state index contributed by atoms with van der Waals surface area (Å²) >= 11 is 0. The van der Waals surface area contributed by atoms with Crippen LogP contribution in [0.25, 0.3) is 11.5 Å². The first-order chi connectivity index (χ1) is 9.24. The maximum Gasteiger partial charge on any atom is 0.258 e. The van der Waals surface area contributed by atoms with E-state index in [9.17, 15) is 4.39 Å². The minimum Gasteiger partial charge on any atom is -0.396 e. The predicted molar refractivity (Wildman–Crippen MR) is 66.9 cm³/mol. The van der Waals surface area contributed by atoms with Gasteiger partial charge in [-0.1, -0.05) is 5.16 Å². The Balaban J connectivity index is 1.85. The molecule has 0 aliphatic carbocycles. The van der Waals surface area contributed by atoms with Crippen molar-refractivity contribution in [2.75, 3.05) is 18.9 Å². The number of nitrogen functional groups attached to an aromatic ring is 1. The average Bonchev–Trinajstić information content (AvgIpc) is 2.93. The predicted octanol–water partition coefficient (Wildman–Crippen LogP) is 2.35. The lowest BCUT2D eigenvalue weighted by molar-refractivity contribution is 0.0830. The molecule has 19 heavy (non-hydrogen) atoms. The van der Waals surface area contributed by atoms with Crippen LogP contribution >= 0.6 is 0 Å². The molecule has 2 aromatic rings. The van der Waals surface area contributed by atoms with Crippen molar-refractivity contribution in [3.05, 3.63) is 29.8 Å². The summed E-state index contributed by atoms with van der Waals surface area (Å²) in [6.07, 6.45) is 1.79. The Hall–Kier alpha value is -1.95. The first-order valence-electron chi connectivity index (χ1n) is 6.21. The second kappa shape index (κ2) is 4.97. The zero-order valence-electron chi connectivity index (χ0n) is 10.3. The van der Waals surface area contributed by atoms with Gasteiger partial charge in [-0.05, 0) is 31.0 Å². The number of nitrogens with two attached hydrogens (primary N) is 1. The van der Waals surface area contributed by atoms with Crippen LogP contribution in [0.4, 0.5) is 10.1 Å². The van der Waals surface area contributed by atoms with E-state index in [-0.39, 0.29) is 11.6 Å². The number of benzene rings is 1.